The first-order valence-corrected chi connectivity index (χ1v) is 8.14. The molecule has 1 saturated heterocycles. The third-order valence-electron chi connectivity index (χ3n) is 3.64. The van der Waals surface area contributed by atoms with Crippen LogP contribution in [0.1, 0.15) is 17.3 Å². The van der Waals surface area contributed by atoms with Gasteiger partial charge in [0.1, 0.15) is 0 Å². The zero-order valence-electron chi connectivity index (χ0n) is 13.5. The van der Waals surface area contributed by atoms with E-state index in [1.165, 1.54) is 0 Å². The number of nitrogen functional groups attached to an aromatic ring is 1. The zero-order chi connectivity index (χ0) is 16.1. The Labute approximate surface area is 163 Å². The van der Waals surface area contributed by atoms with Crippen LogP contribution in [0.25, 0.3) is 0 Å². The number of hydrogen-bond donors (Lipinski definition) is 2. The van der Waals surface area contributed by atoms with E-state index in [4.69, 9.17) is 5.73 Å². The molecule has 24 heavy (non-hydrogen) atoms. The second kappa shape index (κ2) is 10.8. The van der Waals surface area contributed by atoms with Gasteiger partial charge in [-0.1, -0.05) is 15.9 Å². The van der Waals surface area contributed by atoms with E-state index in [0.717, 1.165) is 4.47 Å². The number of carbonyl (C=O) groups excluding carboxylic acids is 2. The Balaban J connectivity index is 0.00000264. The van der Waals surface area contributed by atoms with Gasteiger partial charge in [0.2, 0.25) is 5.91 Å². The molecule has 0 spiro atoms. The molecule has 0 atom stereocenters. The van der Waals surface area contributed by atoms with E-state index in [9.17, 15) is 9.59 Å². The molecular formula is C15H23BrCl2N4O2. The maximum Gasteiger partial charge on any atom is 0.256 e. The van der Waals surface area contributed by atoms with Crippen LogP contribution >= 0.6 is 40.7 Å². The number of carbonyl (C=O) groups is 2. The summed E-state index contributed by atoms with van der Waals surface area (Å²) in [4.78, 5) is 27.9. The Morgan fingerprint density at radius 1 is 1.21 bits per heavy atom. The quantitative estimate of drug-likeness (QED) is 0.698. The molecule has 2 rings (SSSR count). The zero-order valence-corrected chi connectivity index (χ0v) is 16.7. The monoisotopic (exact) mass is 440 g/mol. The van der Waals surface area contributed by atoms with E-state index in [0.29, 0.717) is 50.5 Å². The molecule has 0 saturated carbocycles. The molecule has 1 aliphatic rings. The largest absolute Gasteiger partial charge is 0.398 e. The number of halogens is 3. The first-order valence-electron chi connectivity index (χ1n) is 7.34. The van der Waals surface area contributed by atoms with E-state index in [1.54, 1.807) is 17.0 Å². The van der Waals surface area contributed by atoms with Gasteiger partial charge in [-0.15, -0.1) is 24.8 Å². The molecular weight excluding hydrogens is 419 g/mol. The molecule has 0 bridgehead atoms. The Kier molecular flexibility index (Phi) is 10.3. The second-order valence-electron chi connectivity index (χ2n) is 5.25. The molecule has 1 aromatic carbocycles. The number of likely N-dealkylation sites (N-methyl/N-ethyl adjacent to an activating group) is 1. The summed E-state index contributed by atoms with van der Waals surface area (Å²) in [7, 11) is 0. The minimum absolute atomic E-state index is 0. The highest BCUT2D eigenvalue weighted by molar-refractivity contribution is 9.10. The summed E-state index contributed by atoms with van der Waals surface area (Å²) in [6.07, 6.45) is 0. The van der Waals surface area contributed by atoms with Crippen molar-refractivity contribution in [3.8, 4) is 0 Å². The van der Waals surface area contributed by atoms with Crippen LogP contribution in [0.15, 0.2) is 22.7 Å². The van der Waals surface area contributed by atoms with E-state index >= 15 is 0 Å². The van der Waals surface area contributed by atoms with Gasteiger partial charge in [0.05, 0.1) is 12.1 Å². The van der Waals surface area contributed by atoms with Crippen LogP contribution in [0.4, 0.5) is 5.69 Å². The molecule has 0 aromatic heterocycles. The van der Waals surface area contributed by atoms with E-state index < -0.39 is 0 Å². The minimum atomic E-state index is -0.0531. The fourth-order valence-electron chi connectivity index (χ4n) is 2.46. The molecule has 3 N–H and O–H groups in total. The number of hydrogen-bond acceptors (Lipinski definition) is 4. The SMILES string of the molecule is CCNC(=O)CN1CCN(C(=O)c2ccc(Br)cc2N)CC1.Cl.Cl. The molecule has 0 aliphatic carbocycles. The van der Waals surface area contributed by atoms with Crippen molar-refractivity contribution in [2.75, 3.05) is 45.0 Å². The third-order valence-corrected chi connectivity index (χ3v) is 4.14. The first-order chi connectivity index (χ1) is 10.5. The second-order valence-corrected chi connectivity index (χ2v) is 6.17. The standard InChI is InChI=1S/C15H21BrN4O2.2ClH/c1-2-18-14(21)10-19-5-7-20(8-6-19)15(22)12-4-3-11(16)9-13(12)17;;/h3-4,9H,2,5-8,10,17H2,1H3,(H,18,21);2*1H. The highest BCUT2D eigenvalue weighted by atomic mass is 79.9. The minimum Gasteiger partial charge on any atom is -0.398 e. The third kappa shape index (κ3) is 6.12. The van der Waals surface area contributed by atoms with Crippen molar-refractivity contribution in [3.05, 3.63) is 28.2 Å². The smallest absolute Gasteiger partial charge is 0.256 e. The molecule has 9 heteroatoms. The molecule has 0 radical (unpaired) electrons. The predicted octanol–water partition coefficient (Wildman–Crippen LogP) is 1.77. The van der Waals surface area contributed by atoms with E-state index in [-0.39, 0.29) is 36.6 Å². The van der Waals surface area contributed by atoms with Crippen molar-refractivity contribution in [1.82, 2.24) is 15.1 Å². The van der Waals surface area contributed by atoms with Gasteiger partial charge in [-0.25, -0.2) is 0 Å². The van der Waals surface area contributed by atoms with Gasteiger partial charge in [0.25, 0.3) is 5.91 Å². The number of nitrogens with one attached hydrogen (secondary N) is 1. The fourth-order valence-corrected chi connectivity index (χ4v) is 2.84. The molecule has 6 nitrogen and oxygen atoms in total. The topological polar surface area (TPSA) is 78.7 Å². The Bertz CT molecular complexity index is 566. The summed E-state index contributed by atoms with van der Waals surface area (Å²) in [5.41, 5.74) is 6.92. The number of amides is 2. The first kappa shape index (κ1) is 23.0. The fraction of sp³-hybridized carbons (Fsp3) is 0.467. The van der Waals surface area contributed by atoms with Gasteiger partial charge >= 0.3 is 0 Å². The van der Waals surface area contributed by atoms with Crippen LogP contribution in [-0.4, -0.2) is 60.9 Å². The number of anilines is 1. The summed E-state index contributed by atoms with van der Waals surface area (Å²) < 4.78 is 0.855. The number of benzene rings is 1. The summed E-state index contributed by atoms with van der Waals surface area (Å²) in [5, 5.41) is 2.78. The summed E-state index contributed by atoms with van der Waals surface area (Å²) in [5.74, 6) is -0.0258. The van der Waals surface area contributed by atoms with E-state index in [2.05, 4.69) is 26.1 Å². The maximum atomic E-state index is 12.5. The van der Waals surface area contributed by atoms with Crippen molar-refractivity contribution in [3.63, 3.8) is 0 Å². The summed E-state index contributed by atoms with van der Waals surface area (Å²) in [6.45, 7) is 5.52. The number of rotatable bonds is 4. The lowest BCUT2D eigenvalue weighted by Gasteiger charge is -2.34. The van der Waals surface area contributed by atoms with E-state index in [1.807, 2.05) is 13.0 Å². The van der Waals surface area contributed by atoms with Gasteiger partial charge in [-0.2, -0.15) is 0 Å². The summed E-state index contributed by atoms with van der Waals surface area (Å²) >= 11 is 3.34. The number of nitrogens with two attached hydrogens (primary N) is 1. The van der Waals surface area contributed by atoms with Gasteiger partial charge in [-0.3, -0.25) is 14.5 Å². The molecule has 1 heterocycles. The average Bonchev–Trinajstić information content (AvgIpc) is 2.47. The van der Waals surface area contributed by atoms with Crippen LogP contribution in [0.3, 0.4) is 0 Å². The lowest BCUT2D eigenvalue weighted by molar-refractivity contribution is -0.122. The predicted molar refractivity (Wildman–Crippen MR) is 104 cm³/mol. The molecule has 0 unspecified atom stereocenters. The Hall–Kier alpha value is -1.02. The van der Waals surface area contributed by atoms with Crippen LogP contribution in [0.2, 0.25) is 0 Å². The van der Waals surface area contributed by atoms with Crippen molar-refractivity contribution in [2.45, 2.75) is 6.92 Å². The van der Waals surface area contributed by atoms with Gasteiger partial charge in [-0.05, 0) is 25.1 Å². The summed E-state index contributed by atoms with van der Waals surface area (Å²) in [6, 6.07) is 5.29. The number of nitrogens with zero attached hydrogens (tertiary/aromatic N) is 2. The van der Waals surface area contributed by atoms with Gasteiger partial charge in [0, 0.05) is 42.9 Å². The van der Waals surface area contributed by atoms with Crippen LogP contribution in [0.5, 0.6) is 0 Å². The van der Waals surface area contributed by atoms with Crippen LogP contribution in [0, 0.1) is 0 Å². The van der Waals surface area contributed by atoms with Crippen molar-refractivity contribution >= 4 is 58.2 Å². The van der Waals surface area contributed by atoms with Crippen molar-refractivity contribution in [2.24, 2.45) is 0 Å². The lowest BCUT2D eigenvalue weighted by Crippen LogP contribution is -2.51. The van der Waals surface area contributed by atoms with Crippen LogP contribution in [-0.2, 0) is 4.79 Å². The Morgan fingerprint density at radius 3 is 2.38 bits per heavy atom. The molecule has 2 amide bonds. The van der Waals surface area contributed by atoms with Gasteiger partial charge in [0.15, 0.2) is 0 Å². The average molecular weight is 442 g/mol. The normalized spacial score (nSPS) is 14.3. The van der Waals surface area contributed by atoms with Gasteiger partial charge < -0.3 is 16.0 Å². The molecule has 1 fully saturated rings. The van der Waals surface area contributed by atoms with Crippen molar-refractivity contribution in [1.29, 1.82) is 0 Å². The highest BCUT2D eigenvalue weighted by Gasteiger charge is 2.24. The molecule has 136 valence electrons. The highest BCUT2D eigenvalue weighted by Crippen LogP contribution is 2.20. The van der Waals surface area contributed by atoms with Crippen molar-refractivity contribution < 1.29 is 9.59 Å². The van der Waals surface area contributed by atoms with Crippen LogP contribution < -0.4 is 11.1 Å². The lowest BCUT2D eigenvalue weighted by atomic mass is 10.1. The molecule has 1 aromatic rings. The Morgan fingerprint density at radius 2 is 1.83 bits per heavy atom. The molecule has 1 aliphatic heterocycles. The maximum absolute atomic E-state index is 12.5. The number of piperazine rings is 1.